The number of carbonyl (C=O) groups excluding carboxylic acids is 1. The summed E-state index contributed by atoms with van der Waals surface area (Å²) in [5.41, 5.74) is 5.43. The fraction of sp³-hybridized carbons (Fsp3) is 0.308. The average molecular weight is 432 g/mol. The second kappa shape index (κ2) is 9.94. The number of hydrogen-bond donors (Lipinski definition) is 4. The third-order valence-electron chi connectivity index (χ3n) is 5.94. The number of aryl methyl sites for hydroxylation is 1. The van der Waals surface area contributed by atoms with E-state index < -0.39 is 12.1 Å². The molecular weight excluding hydrogens is 402 g/mol. The van der Waals surface area contributed by atoms with E-state index in [9.17, 15) is 15.0 Å². The lowest BCUT2D eigenvalue weighted by Gasteiger charge is -2.23. The molecule has 4 rings (SSSR count). The zero-order chi connectivity index (χ0) is 22.5. The Morgan fingerprint density at radius 1 is 1.12 bits per heavy atom. The maximum absolute atomic E-state index is 12.9. The van der Waals surface area contributed by atoms with Crippen molar-refractivity contribution in [2.24, 2.45) is 0 Å². The molecule has 0 aliphatic heterocycles. The predicted molar refractivity (Wildman–Crippen MR) is 124 cm³/mol. The molecule has 1 amide bonds. The van der Waals surface area contributed by atoms with Crippen LogP contribution in [0.5, 0.6) is 0 Å². The van der Waals surface area contributed by atoms with Crippen molar-refractivity contribution in [2.45, 2.75) is 44.4 Å². The monoisotopic (exact) mass is 431 g/mol. The van der Waals surface area contributed by atoms with E-state index in [-0.39, 0.29) is 12.5 Å². The summed E-state index contributed by atoms with van der Waals surface area (Å²) in [5.74, 6) is 0.307. The standard InChI is InChI=1S/C26H29N3O3/c1-17-7-8-20(26(32)29-24(16-30)25(31)19-5-3-2-4-6-19)11-21(17)14-28-23-12-22(13-27-15-23)18-9-10-18/h2-8,11-13,15,18,24-25,28,30-31H,9-10,14,16H2,1H3,(H,29,32)/t24-,25-/m0/s1. The van der Waals surface area contributed by atoms with Crippen molar-refractivity contribution >= 4 is 11.6 Å². The van der Waals surface area contributed by atoms with Crippen LogP contribution in [0.3, 0.4) is 0 Å². The van der Waals surface area contributed by atoms with Crippen molar-refractivity contribution in [2.75, 3.05) is 11.9 Å². The van der Waals surface area contributed by atoms with Crippen molar-refractivity contribution in [1.29, 1.82) is 0 Å². The number of rotatable bonds is 9. The molecule has 0 spiro atoms. The van der Waals surface area contributed by atoms with Gasteiger partial charge >= 0.3 is 0 Å². The highest BCUT2D eigenvalue weighted by atomic mass is 16.3. The van der Waals surface area contributed by atoms with E-state index in [4.69, 9.17) is 0 Å². The van der Waals surface area contributed by atoms with Gasteiger partial charge in [-0.15, -0.1) is 0 Å². The third-order valence-corrected chi connectivity index (χ3v) is 5.94. The number of aromatic nitrogens is 1. The smallest absolute Gasteiger partial charge is 0.251 e. The molecule has 6 nitrogen and oxygen atoms in total. The fourth-order valence-electron chi connectivity index (χ4n) is 3.75. The second-order valence-corrected chi connectivity index (χ2v) is 8.39. The van der Waals surface area contributed by atoms with Gasteiger partial charge in [0.25, 0.3) is 5.91 Å². The summed E-state index contributed by atoms with van der Waals surface area (Å²) in [6, 6.07) is 15.9. The van der Waals surface area contributed by atoms with Gasteiger partial charge in [0.05, 0.1) is 18.3 Å². The van der Waals surface area contributed by atoms with Crippen molar-refractivity contribution in [3.05, 3.63) is 94.8 Å². The summed E-state index contributed by atoms with van der Waals surface area (Å²) in [6.07, 6.45) is 5.21. The normalized spacial score (nSPS) is 15.1. The number of aliphatic hydroxyl groups is 2. The van der Waals surface area contributed by atoms with Gasteiger partial charge in [0.2, 0.25) is 0 Å². The highest BCUT2D eigenvalue weighted by molar-refractivity contribution is 5.94. The number of amides is 1. The molecular formula is C26H29N3O3. The maximum atomic E-state index is 12.9. The topological polar surface area (TPSA) is 94.5 Å². The minimum atomic E-state index is -0.997. The molecule has 0 bridgehead atoms. The third kappa shape index (κ3) is 5.33. The number of carbonyl (C=O) groups is 1. The lowest BCUT2D eigenvalue weighted by atomic mass is 10.0. The van der Waals surface area contributed by atoms with Gasteiger partial charge in [0, 0.05) is 24.5 Å². The van der Waals surface area contributed by atoms with Gasteiger partial charge < -0.3 is 20.8 Å². The van der Waals surface area contributed by atoms with Crippen LogP contribution in [0.2, 0.25) is 0 Å². The number of pyridine rings is 1. The predicted octanol–water partition coefficient (Wildman–Crippen LogP) is 3.70. The van der Waals surface area contributed by atoms with E-state index in [1.807, 2.05) is 49.6 Å². The van der Waals surface area contributed by atoms with Gasteiger partial charge in [-0.2, -0.15) is 0 Å². The Balaban J connectivity index is 1.43. The zero-order valence-electron chi connectivity index (χ0n) is 18.2. The Morgan fingerprint density at radius 3 is 2.62 bits per heavy atom. The first kappa shape index (κ1) is 22.0. The van der Waals surface area contributed by atoms with Crippen molar-refractivity contribution in [1.82, 2.24) is 10.3 Å². The van der Waals surface area contributed by atoms with Crippen LogP contribution in [-0.2, 0) is 6.54 Å². The van der Waals surface area contributed by atoms with E-state index in [1.54, 1.807) is 18.2 Å². The second-order valence-electron chi connectivity index (χ2n) is 8.39. The van der Waals surface area contributed by atoms with Crippen LogP contribution in [0.4, 0.5) is 5.69 Å². The number of anilines is 1. The average Bonchev–Trinajstić information content (AvgIpc) is 3.68. The Labute approximate surface area is 188 Å². The summed E-state index contributed by atoms with van der Waals surface area (Å²) in [6.45, 7) is 2.21. The van der Waals surface area contributed by atoms with Crippen molar-refractivity contribution in [3.63, 3.8) is 0 Å². The molecule has 1 fully saturated rings. The van der Waals surface area contributed by atoms with Gasteiger partial charge in [-0.1, -0.05) is 36.4 Å². The molecule has 6 heteroatoms. The Morgan fingerprint density at radius 2 is 1.91 bits per heavy atom. The molecule has 1 saturated carbocycles. The van der Waals surface area contributed by atoms with Crippen LogP contribution in [0.15, 0.2) is 67.0 Å². The van der Waals surface area contributed by atoms with E-state index in [0.29, 0.717) is 23.6 Å². The molecule has 4 N–H and O–H groups in total. The number of hydrogen-bond acceptors (Lipinski definition) is 5. The molecule has 3 aromatic rings. The van der Waals surface area contributed by atoms with Crippen LogP contribution in [0, 0.1) is 6.92 Å². The van der Waals surface area contributed by atoms with Gasteiger partial charge in [-0.3, -0.25) is 9.78 Å². The first-order valence-corrected chi connectivity index (χ1v) is 11.0. The van der Waals surface area contributed by atoms with Crippen LogP contribution < -0.4 is 10.6 Å². The van der Waals surface area contributed by atoms with Crippen LogP contribution in [0.25, 0.3) is 0 Å². The van der Waals surface area contributed by atoms with Gasteiger partial charge in [-0.25, -0.2) is 0 Å². The molecule has 1 aliphatic carbocycles. The molecule has 0 saturated heterocycles. The number of benzene rings is 2. The Kier molecular flexibility index (Phi) is 6.83. The van der Waals surface area contributed by atoms with Crippen molar-refractivity contribution in [3.8, 4) is 0 Å². The summed E-state index contributed by atoms with van der Waals surface area (Å²) in [7, 11) is 0. The highest BCUT2D eigenvalue weighted by Gasteiger charge is 2.24. The van der Waals surface area contributed by atoms with Crippen molar-refractivity contribution < 1.29 is 15.0 Å². The summed E-state index contributed by atoms with van der Waals surface area (Å²) in [4.78, 5) is 17.2. The lowest BCUT2D eigenvalue weighted by molar-refractivity contribution is 0.0703. The van der Waals surface area contributed by atoms with Gasteiger partial charge in [0.1, 0.15) is 6.10 Å². The quantitative estimate of drug-likeness (QED) is 0.414. The molecule has 1 heterocycles. The molecule has 2 aromatic carbocycles. The van der Waals surface area contributed by atoms with Crippen LogP contribution in [-0.4, -0.2) is 33.8 Å². The Hall–Kier alpha value is -3.22. The summed E-state index contributed by atoms with van der Waals surface area (Å²) in [5, 5.41) is 26.5. The molecule has 166 valence electrons. The van der Waals surface area contributed by atoms with Crippen LogP contribution in [0.1, 0.15) is 57.5 Å². The maximum Gasteiger partial charge on any atom is 0.251 e. The minimum absolute atomic E-state index is 0.335. The molecule has 2 atom stereocenters. The molecule has 1 aliphatic rings. The summed E-state index contributed by atoms with van der Waals surface area (Å²) < 4.78 is 0. The Bertz CT molecular complexity index is 1070. The van der Waals surface area contributed by atoms with E-state index in [2.05, 4.69) is 21.7 Å². The fourth-order valence-corrected chi connectivity index (χ4v) is 3.75. The SMILES string of the molecule is Cc1ccc(C(=O)N[C@@H](CO)[C@@H](O)c2ccccc2)cc1CNc1cncc(C2CC2)c1. The minimum Gasteiger partial charge on any atom is -0.394 e. The molecule has 32 heavy (non-hydrogen) atoms. The molecule has 1 aromatic heterocycles. The van der Waals surface area contributed by atoms with E-state index in [1.165, 1.54) is 18.4 Å². The molecule has 0 unspecified atom stereocenters. The number of nitrogens with zero attached hydrogens (tertiary/aromatic N) is 1. The largest absolute Gasteiger partial charge is 0.394 e. The zero-order valence-corrected chi connectivity index (χ0v) is 18.2. The first-order valence-electron chi connectivity index (χ1n) is 11.0. The highest BCUT2D eigenvalue weighted by Crippen LogP contribution is 2.40. The van der Waals surface area contributed by atoms with Crippen LogP contribution >= 0.6 is 0 Å². The van der Waals surface area contributed by atoms with Gasteiger partial charge in [0.15, 0.2) is 0 Å². The molecule has 0 radical (unpaired) electrons. The van der Waals surface area contributed by atoms with E-state index in [0.717, 1.165) is 16.8 Å². The first-order chi connectivity index (χ1) is 15.5. The summed E-state index contributed by atoms with van der Waals surface area (Å²) >= 11 is 0. The lowest BCUT2D eigenvalue weighted by Crippen LogP contribution is -2.42. The number of aliphatic hydroxyl groups excluding tert-OH is 2. The van der Waals surface area contributed by atoms with Gasteiger partial charge in [-0.05, 0) is 66.1 Å². The number of nitrogens with one attached hydrogen (secondary N) is 2. The van der Waals surface area contributed by atoms with E-state index >= 15 is 0 Å².